The molecular formula is C15H24N4O. The summed E-state index contributed by atoms with van der Waals surface area (Å²) in [6.45, 7) is 6.39. The van der Waals surface area contributed by atoms with Crippen LogP contribution < -0.4 is 5.73 Å². The number of rotatable bonds is 3. The van der Waals surface area contributed by atoms with Crippen molar-refractivity contribution in [1.29, 1.82) is 0 Å². The van der Waals surface area contributed by atoms with Crippen LogP contribution in [-0.4, -0.2) is 53.6 Å². The minimum Gasteiger partial charge on any atom is -0.409 e. The van der Waals surface area contributed by atoms with Gasteiger partial charge in [0.25, 0.3) is 0 Å². The van der Waals surface area contributed by atoms with E-state index in [4.69, 9.17) is 10.9 Å². The molecule has 5 heteroatoms. The lowest BCUT2D eigenvalue weighted by Gasteiger charge is -2.28. The quantitative estimate of drug-likeness (QED) is 0.378. The van der Waals surface area contributed by atoms with E-state index in [9.17, 15) is 0 Å². The molecule has 3 N–H and O–H groups in total. The number of hydrogen-bond donors (Lipinski definition) is 2. The molecule has 1 saturated heterocycles. The Morgan fingerprint density at radius 1 is 1.40 bits per heavy atom. The number of nitrogens with zero attached hydrogens (tertiary/aromatic N) is 3. The van der Waals surface area contributed by atoms with Crippen LogP contribution in [0.4, 0.5) is 0 Å². The second-order valence-electron chi connectivity index (χ2n) is 5.58. The van der Waals surface area contributed by atoms with Gasteiger partial charge in [0, 0.05) is 31.2 Å². The van der Waals surface area contributed by atoms with Crippen molar-refractivity contribution in [2.45, 2.75) is 25.9 Å². The number of amidine groups is 1. The zero-order chi connectivity index (χ0) is 14.5. The van der Waals surface area contributed by atoms with Gasteiger partial charge in [0.2, 0.25) is 0 Å². The summed E-state index contributed by atoms with van der Waals surface area (Å²) in [6, 6.07) is 8.37. The van der Waals surface area contributed by atoms with Gasteiger partial charge in [0.1, 0.15) is 0 Å². The fraction of sp³-hybridized carbons (Fsp3) is 0.533. The first-order chi connectivity index (χ1) is 9.61. The van der Waals surface area contributed by atoms with E-state index in [1.807, 2.05) is 18.2 Å². The second-order valence-corrected chi connectivity index (χ2v) is 5.58. The summed E-state index contributed by atoms with van der Waals surface area (Å²) in [5.41, 5.74) is 7.69. The van der Waals surface area contributed by atoms with E-state index < -0.39 is 0 Å². The fourth-order valence-electron chi connectivity index (χ4n) is 2.84. The first kappa shape index (κ1) is 14.8. The number of hydrogen-bond acceptors (Lipinski definition) is 4. The summed E-state index contributed by atoms with van der Waals surface area (Å²) in [7, 11) is 2.17. The van der Waals surface area contributed by atoms with E-state index >= 15 is 0 Å². The highest BCUT2D eigenvalue weighted by atomic mass is 16.4. The molecule has 1 aliphatic heterocycles. The van der Waals surface area contributed by atoms with Crippen molar-refractivity contribution in [3.8, 4) is 0 Å². The van der Waals surface area contributed by atoms with Crippen molar-refractivity contribution in [3.05, 3.63) is 35.4 Å². The average molecular weight is 276 g/mol. The van der Waals surface area contributed by atoms with Gasteiger partial charge in [-0.3, -0.25) is 4.90 Å². The number of likely N-dealkylation sites (N-methyl/N-ethyl adjacent to an activating group) is 1. The molecule has 0 amide bonds. The summed E-state index contributed by atoms with van der Waals surface area (Å²) < 4.78 is 0. The first-order valence-electron chi connectivity index (χ1n) is 7.10. The number of benzene rings is 1. The molecule has 0 aromatic heterocycles. The maximum Gasteiger partial charge on any atom is 0.170 e. The second kappa shape index (κ2) is 6.72. The van der Waals surface area contributed by atoms with Gasteiger partial charge < -0.3 is 15.8 Å². The lowest BCUT2D eigenvalue weighted by atomic mass is 10.1. The van der Waals surface area contributed by atoms with Crippen LogP contribution in [0, 0.1) is 0 Å². The SMILES string of the molecule is CC1CN(C)CCCN1Cc1ccccc1/C(N)=N/O. The van der Waals surface area contributed by atoms with Crippen LogP contribution in [0.2, 0.25) is 0 Å². The fourth-order valence-corrected chi connectivity index (χ4v) is 2.84. The Hall–Kier alpha value is -1.59. The minimum absolute atomic E-state index is 0.181. The van der Waals surface area contributed by atoms with Gasteiger partial charge >= 0.3 is 0 Å². The Labute approximate surface area is 120 Å². The van der Waals surface area contributed by atoms with Crippen LogP contribution in [0.15, 0.2) is 29.4 Å². The van der Waals surface area contributed by atoms with E-state index in [2.05, 4.69) is 35.0 Å². The van der Waals surface area contributed by atoms with Gasteiger partial charge in [-0.05, 0) is 32.5 Å². The third-order valence-electron chi connectivity index (χ3n) is 3.96. The molecule has 1 fully saturated rings. The number of oxime groups is 1. The molecule has 20 heavy (non-hydrogen) atoms. The molecule has 1 atom stereocenters. The van der Waals surface area contributed by atoms with Crippen molar-refractivity contribution in [2.75, 3.05) is 26.7 Å². The highest BCUT2D eigenvalue weighted by Gasteiger charge is 2.20. The highest BCUT2D eigenvalue weighted by Crippen LogP contribution is 2.16. The zero-order valence-corrected chi connectivity index (χ0v) is 12.3. The Morgan fingerprint density at radius 3 is 2.90 bits per heavy atom. The predicted molar refractivity (Wildman–Crippen MR) is 80.9 cm³/mol. The molecule has 0 spiro atoms. The lowest BCUT2D eigenvalue weighted by Crippen LogP contribution is -2.37. The first-order valence-corrected chi connectivity index (χ1v) is 7.10. The van der Waals surface area contributed by atoms with Crippen LogP contribution in [-0.2, 0) is 6.54 Å². The third-order valence-corrected chi connectivity index (χ3v) is 3.96. The molecular weight excluding hydrogens is 252 g/mol. The molecule has 0 bridgehead atoms. The van der Waals surface area contributed by atoms with Crippen molar-refractivity contribution in [2.24, 2.45) is 10.9 Å². The Kier molecular flexibility index (Phi) is 4.98. The van der Waals surface area contributed by atoms with Gasteiger partial charge in [-0.25, -0.2) is 0 Å². The molecule has 5 nitrogen and oxygen atoms in total. The summed E-state index contributed by atoms with van der Waals surface area (Å²) in [5.74, 6) is 0.181. The van der Waals surface area contributed by atoms with E-state index in [1.54, 1.807) is 0 Å². The Morgan fingerprint density at radius 2 is 2.15 bits per heavy atom. The van der Waals surface area contributed by atoms with Gasteiger partial charge in [-0.2, -0.15) is 0 Å². The number of nitrogens with two attached hydrogens (primary N) is 1. The van der Waals surface area contributed by atoms with Gasteiger partial charge in [-0.15, -0.1) is 0 Å². The monoisotopic (exact) mass is 276 g/mol. The predicted octanol–water partition coefficient (Wildman–Crippen LogP) is 1.31. The summed E-state index contributed by atoms with van der Waals surface area (Å²) >= 11 is 0. The van der Waals surface area contributed by atoms with Crippen LogP contribution in [0.5, 0.6) is 0 Å². The standard InChI is InChI=1S/C15H24N4O/c1-12-10-18(2)8-5-9-19(12)11-13-6-3-4-7-14(13)15(16)17-20/h3-4,6-7,12,20H,5,8-11H2,1-2H3,(H2,16,17). The molecule has 1 aromatic carbocycles. The van der Waals surface area contributed by atoms with Crippen molar-refractivity contribution in [3.63, 3.8) is 0 Å². The zero-order valence-electron chi connectivity index (χ0n) is 12.3. The maximum atomic E-state index is 8.89. The van der Waals surface area contributed by atoms with Crippen LogP contribution in [0.3, 0.4) is 0 Å². The molecule has 1 heterocycles. The topological polar surface area (TPSA) is 65.1 Å². The molecule has 110 valence electrons. The van der Waals surface area contributed by atoms with Gasteiger partial charge in [-0.1, -0.05) is 29.4 Å². The molecule has 0 saturated carbocycles. The molecule has 1 unspecified atom stereocenters. The van der Waals surface area contributed by atoms with E-state index in [1.165, 1.54) is 6.42 Å². The molecule has 0 radical (unpaired) electrons. The Bertz CT molecular complexity index is 475. The lowest BCUT2D eigenvalue weighted by molar-refractivity contribution is 0.194. The molecule has 1 aromatic rings. The third kappa shape index (κ3) is 3.49. The van der Waals surface area contributed by atoms with E-state index in [0.717, 1.165) is 37.3 Å². The van der Waals surface area contributed by atoms with Gasteiger partial charge in [0.05, 0.1) is 0 Å². The van der Waals surface area contributed by atoms with Gasteiger partial charge in [0.15, 0.2) is 5.84 Å². The van der Waals surface area contributed by atoms with Crippen LogP contribution in [0.25, 0.3) is 0 Å². The van der Waals surface area contributed by atoms with Crippen molar-refractivity contribution in [1.82, 2.24) is 9.80 Å². The molecule has 0 aliphatic carbocycles. The van der Waals surface area contributed by atoms with Crippen LogP contribution >= 0.6 is 0 Å². The normalized spacial score (nSPS) is 22.7. The minimum atomic E-state index is 0.181. The average Bonchev–Trinajstić information content (AvgIpc) is 2.60. The summed E-state index contributed by atoms with van der Waals surface area (Å²) in [6.07, 6.45) is 1.17. The van der Waals surface area contributed by atoms with Crippen molar-refractivity contribution >= 4 is 5.84 Å². The van der Waals surface area contributed by atoms with Crippen molar-refractivity contribution < 1.29 is 5.21 Å². The Balaban J connectivity index is 2.17. The largest absolute Gasteiger partial charge is 0.409 e. The summed E-state index contributed by atoms with van der Waals surface area (Å²) in [4.78, 5) is 4.84. The summed E-state index contributed by atoms with van der Waals surface area (Å²) in [5, 5.41) is 12.0. The molecule has 1 aliphatic rings. The highest BCUT2D eigenvalue weighted by molar-refractivity contribution is 5.98. The smallest absolute Gasteiger partial charge is 0.170 e. The molecule has 2 rings (SSSR count). The van der Waals surface area contributed by atoms with E-state index in [-0.39, 0.29) is 5.84 Å². The van der Waals surface area contributed by atoms with Crippen LogP contribution in [0.1, 0.15) is 24.5 Å². The maximum absolute atomic E-state index is 8.89. The van der Waals surface area contributed by atoms with E-state index in [0.29, 0.717) is 6.04 Å².